The van der Waals surface area contributed by atoms with Crippen molar-refractivity contribution >= 4 is 5.71 Å². The molecule has 2 rings (SSSR count). The van der Waals surface area contributed by atoms with Gasteiger partial charge in [0.05, 0.1) is 5.71 Å². The molecule has 0 heterocycles. The van der Waals surface area contributed by atoms with Crippen LogP contribution in [0.25, 0.3) is 0 Å². The predicted octanol–water partition coefficient (Wildman–Crippen LogP) is 3.30. The Morgan fingerprint density at radius 3 is 2.00 bits per heavy atom. The van der Waals surface area contributed by atoms with E-state index in [1.165, 1.54) is 64.2 Å². The molecule has 0 radical (unpaired) electrons. The van der Waals surface area contributed by atoms with Gasteiger partial charge in [-0.1, -0.05) is 43.7 Å². The Balaban J connectivity index is 1.96. The zero-order valence-corrected chi connectivity index (χ0v) is 10.8. The van der Waals surface area contributed by atoms with Gasteiger partial charge in [-0.25, -0.2) is 0 Å². The molecular weight excluding hydrogens is 212 g/mol. The van der Waals surface area contributed by atoms with Gasteiger partial charge in [0.25, 0.3) is 0 Å². The maximum atomic E-state index is 9.29. The van der Waals surface area contributed by atoms with Gasteiger partial charge in [0.15, 0.2) is 0 Å². The highest BCUT2D eigenvalue weighted by Crippen LogP contribution is 2.31. The number of hydrogen-bond acceptors (Lipinski definition) is 3. The summed E-state index contributed by atoms with van der Waals surface area (Å²) in [4.78, 5) is 0. The van der Waals surface area contributed by atoms with E-state index in [4.69, 9.17) is 5.73 Å². The first kappa shape index (κ1) is 12.9. The Morgan fingerprint density at radius 1 is 0.941 bits per heavy atom. The van der Waals surface area contributed by atoms with Crippen LogP contribution in [0.2, 0.25) is 0 Å². The summed E-state index contributed by atoms with van der Waals surface area (Å²) in [6.45, 7) is 0. The molecule has 1 unspecified atom stereocenters. The summed E-state index contributed by atoms with van der Waals surface area (Å²) >= 11 is 0. The smallest absolute Gasteiger partial charge is 0.0771 e. The lowest BCUT2D eigenvalue weighted by Crippen LogP contribution is -2.43. The first-order valence-corrected chi connectivity index (χ1v) is 7.30. The SMILES string of the molecule is NC(C(=NO)C1CCCCC1)C1CCCCC1. The summed E-state index contributed by atoms with van der Waals surface area (Å²) in [6, 6.07) is 0.00315. The van der Waals surface area contributed by atoms with Gasteiger partial charge in [-0.3, -0.25) is 0 Å². The van der Waals surface area contributed by atoms with E-state index in [0.717, 1.165) is 5.71 Å². The van der Waals surface area contributed by atoms with E-state index < -0.39 is 0 Å². The summed E-state index contributed by atoms with van der Waals surface area (Å²) in [6.07, 6.45) is 12.6. The van der Waals surface area contributed by atoms with E-state index in [1.54, 1.807) is 0 Å². The lowest BCUT2D eigenvalue weighted by molar-refractivity contribution is 0.289. The fourth-order valence-corrected chi connectivity index (χ4v) is 3.55. The lowest BCUT2D eigenvalue weighted by Gasteiger charge is -2.32. The Bertz CT molecular complexity index is 253. The first-order chi connectivity index (χ1) is 8.33. The Kier molecular flexibility index (Phi) is 4.84. The number of rotatable bonds is 3. The molecule has 17 heavy (non-hydrogen) atoms. The largest absolute Gasteiger partial charge is 0.411 e. The molecule has 2 saturated carbocycles. The van der Waals surface area contributed by atoms with Crippen molar-refractivity contribution in [1.82, 2.24) is 0 Å². The van der Waals surface area contributed by atoms with E-state index in [-0.39, 0.29) is 6.04 Å². The van der Waals surface area contributed by atoms with Crippen molar-refractivity contribution < 1.29 is 5.21 Å². The summed E-state index contributed by atoms with van der Waals surface area (Å²) in [5.74, 6) is 1.00. The van der Waals surface area contributed by atoms with Gasteiger partial charge in [-0.2, -0.15) is 0 Å². The summed E-state index contributed by atoms with van der Waals surface area (Å²) in [5.41, 5.74) is 7.24. The second kappa shape index (κ2) is 6.39. The molecule has 3 N–H and O–H groups in total. The third-order valence-electron chi connectivity index (χ3n) is 4.64. The highest BCUT2D eigenvalue weighted by atomic mass is 16.4. The van der Waals surface area contributed by atoms with Gasteiger partial charge in [-0.15, -0.1) is 0 Å². The normalized spacial score (nSPS) is 27.0. The minimum Gasteiger partial charge on any atom is -0.411 e. The molecule has 98 valence electrons. The minimum atomic E-state index is 0.00315. The van der Waals surface area contributed by atoms with Crippen molar-refractivity contribution in [2.24, 2.45) is 22.7 Å². The van der Waals surface area contributed by atoms with E-state index in [9.17, 15) is 5.21 Å². The number of nitrogens with two attached hydrogens (primary N) is 1. The highest BCUT2D eigenvalue weighted by Gasteiger charge is 2.30. The number of oxime groups is 1. The van der Waals surface area contributed by atoms with Gasteiger partial charge >= 0.3 is 0 Å². The third-order valence-corrected chi connectivity index (χ3v) is 4.64. The van der Waals surface area contributed by atoms with Crippen molar-refractivity contribution in [2.75, 3.05) is 0 Å². The van der Waals surface area contributed by atoms with E-state index >= 15 is 0 Å². The van der Waals surface area contributed by atoms with Crippen molar-refractivity contribution in [1.29, 1.82) is 0 Å². The molecule has 1 atom stereocenters. The number of nitrogens with zero attached hydrogens (tertiary/aromatic N) is 1. The Labute approximate surface area is 104 Å². The van der Waals surface area contributed by atoms with Crippen LogP contribution in [-0.4, -0.2) is 17.0 Å². The molecule has 2 fully saturated rings. The molecule has 0 spiro atoms. The van der Waals surface area contributed by atoms with E-state index in [2.05, 4.69) is 5.16 Å². The average molecular weight is 238 g/mol. The zero-order chi connectivity index (χ0) is 12.1. The molecule has 2 aliphatic carbocycles. The van der Waals surface area contributed by atoms with Crippen molar-refractivity contribution in [3.05, 3.63) is 0 Å². The van der Waals surface area contributed by atoms with Gasteiger partial charge in [0.1, 0.15) is 0 Å². The maximum Gasteiger partial charge on any atom is 0.0771 e. The van der Waals surface area contributed by atoms with Crippen LogP contribution >= 0.6 is 0 Å². The quantitative estimate of drug-likeness (QED) is 0.450. The van der Waals surface area contributed by atoms with Crippen LogP contribution in [0.3, 0.4) is 0 Å². The molecule has 0 aromatic heterocycles. The standard InChI is InChI=1S/C14H26N2O/c15-13(11-7-3-1-4-8-11)14(16-17)12-9-5-2-6-10-12/h11-13,17H,1-10,15H2. The van der Waals surface area contributed by atoms with Gasteiger partial charge in [-0.05, 0) is 31.6 Å². The van der Waals surface area contributed by atoms with Crippen LogP contribution in [0.5, 0.6) is 0 Å². The number of hydrogen-bond donors (Lipinski definition) is 2. The van der Waals surface area contributed by atoms with E-state index in [0.29, 0.717) is 11.8 Å². The van der Waals surface area contributed by atoms with Gasteiger partial charge in [0.2, 0.25) is 0 Å². The topological polar surface area (TPSA) is 58.6 Å². The average Bonchev–Trinajstić information content (AvgIpc) is 2.42. The molecule has 0 aromatic rings. The summed E-state index contributed by atoms with van der Waals surface area (Å²) in [7, 11) is 0. The van der Waals surface area contributed by atoms with Gasteiger partial charge in [0, 0.05) is 12.0 Å². The Morgan fingerprint density at radius 2 is 1.47 bits per heavy atom. The molecule has 2 aliphatic rings. The molecule has 0 aromatic carbocycles. The van der Waals surface area contributed by atoms with Crippen molar-refractivity contribution in [2.45, 2.75) is 70.3 Å². The highest BCUT2D eigenvalue weighted by molar-refractivity contribution is 5.91. The van der Waals surface area contributed by atoms with Crippen LogP contribution in [0.1, 0.15) is 64.2 Å². The van der Waals surface area contributed by atoms with Crippen LogP contribution in [-0.2, 0) is 0 Å². The molecular formula is C14H26N2O. The van der Waals surface area contributed by atoms with Crippen LogP contribution in [0.15, 0.2) is 5.16 Å². The second-order valence-electron chi connectivity index (χ2n) is 5.78. The molecule has 0 aliphatic heterocycles. The molecule has 3 heteroatoms. The molecule has 3 nitrogen and oxygen atoms in total. The maximum absolute atomic E-state index is 9.29. The van der Waals surface area contributed by atoms with Crippen molar-refractivity contribution in [3.63, 3.8) is 0 Å². The second-order valence-corrected chi connectivity index (χ2v) is 5.78. The van der Waals surface area contributed by atoms with Crippen molar-refractivity contribution in [3.8, 4) is 0 Å². The summed E-state index contributed by atoms with van der Waals surface area (Å²) in [5, 5.41) is 12.9. The monoisotopic (exact) mass is 238 g/mol. The zero-order valence-electron chi connectivity index (χ0n) is 10.8. The first-order valence-electron chi connectivity index (χ1n) is 7.30. The predicted molar refractivity (Wildman–Crippen MR) is 70.3 cm³/mol. The third kappa shape index (κ3) is 3.21. The molecule has 0 saturated heterocycles. The minimum absolute atomic E-state index is 0.00315. The molecule has 0 amide bonds. The Hall–Kier alpha value is -0.570. The van der Waals surface area contributed by atoms with Crippen LogP contribution in [0, 0.1) is 11.8 Å². The van der Waals surface area contributed by atoms with E-state index in [1.807, 2.05) is 0 Å². The molecule has 0 bridgehead atoms. The lowest BCUT2D eigenvalue weighted by atomic mass is 9.76. The fourth-order valence-electron chi connectivity index (χ4n) is 3.55. The van der Waals surface area contributed by atoms with Crippen LogP contribution < -0.4 is 5.73 Å². The summed E-state index contributed by atoms with van der Waals surface area (Å²) < 4.78 is 0. The van der Waals surface area contributed by atoms with Crippen LogP contribution in [0.4, 0.5) is 0 Å². The van der Waals surface area contributed by atoms with Gasteiger partial charge < -0.3 is 10.9 Å². The fraction of sp³-hybridized carbons (Fsp3) is 0.929.